The van der Waals surface area contributed by atoms with Crippen molar-refractivity contribution in [1.82, 2.24) is 15.3 Å². The molecule has 138 valence electrons. The van der Waals surface area contributed by atoms with Crippen LogP contribution in [0.15, 0.2) is 30.3 Å². The van der Waals surface area contributed by atoms with E-state index in [2.05, 4.69) is 17.4 Å². The van der Waals surface area contributed by atoms with Gasteiger partial charge in [0.25, 0.3) is 5.91 Å². The second-order valence-corrected chi connectivity index (χ2v) is 8.88. The lowest BCUT2D eigenvalue weighted by Crippen LogP contribution is -2.29. The van der Waals surface area contributed by atoms with Crippen molar-refractivity contribution in [1.29, 1.82) is 0 Å². The van der Waals surface area contributed by atoms with Crippen LogP contribution in [0.1, 0.15) is 70.0 Å². The molecule has 1 N–H and O–H groups in total. The molecule has 3 aromatic rings. The molecule has 0 saturated heterocycles. The van der Waals surface area contributed by atoms with Crippen molar-refractivity contribution in [3.8, 4) is 0 Å². The van der Waals surface area contributed by atoms with Crippen molar-refractivity contribution in [2.45, 2.75) is 51.5 Å². The molecule has 2 aromatic heterocycles. The van der Waals surface area contributed by atoms with Crippen LogP contribution < -0.4 is 5.32 Å². The van der Waals surface area contributed by atoms with Crippen LogP contribution in [0.25, 0.3) is 10.2 Å². The predicted molar refractivity (Wildman–Crippen MR) is 108 cm³/mol. The molecule has 0 spiro atoms. The summed E-state index contributed by atoms with van der Waals surface area (Å²) in [5.41, 5.74) is 3.20. The van der Waals surface area contributed by atoms with Crippen LogP contribution in [0.4, 0.5) is 0 Å². The molecule has 1 atom stereocenters. The molecule has 1 amide bonds. The number of thiophene rings is 1. The zero-order chi connectivity index (χ0) is 18.5. The van der Waals surface area contributed by atoms with E-state index in [-0.39, 0.29) is 11.9 Å². The molecule has 0 unspecified atom stereocenters. The standard InChI is InChI=1S/C22H23N3OS/c1-12-17-13(2)23-20(16-10-11-16)25-22(17)27-19(12)21(26)24-18(15-8-9-15)14-6-4-3-5-7-14/h3-7,15-16,18H,8-11H2,1-2H3,(H,24,26)/t18-/m0/s1. The minimum atomic E-state index is 0.0172. The number of benzene rings is 1. The highest BCUT2D eigenvalue weighted by molar-refractivity contribution is 7.20. The first kappa shape index (κ1) is 16.9. The van der Waals surface area contributed by atoms with E-state index in [1.165, 1.54) is 42.6 Å². The SMILES string of the molecule is Cc1nc(C2CC2)nc2sc(C(=O)N[C@@H](c3ccccc3)C3CC3)c(C)c12. The number of nitrogens with zero attached hydrogens (tertiary/aromatic N) is 2. The minimum Gasteiger partial charge on any atom is -0.344 e. The maximum absolute atomic E-state index is 13.1. The third-order valence-corrected chi connectivity index (χ3v) is 6.86. The quantitative estimate of drug-likeness (QED) is 0.676. The Hall–Kier alpha value is -2.27. The fourth-order valence-corrected chi connectivity index (χ4v) is 5.01. The van der Waals surface area contributed by atoms with E-state index in [4.69, 9.17) is 9.97 Å². The zero-order valence-electron chi connectivity index (χ0n) is 15.7. The normalized spacial score (nSPS) is 17.9. The second-order valence-electron chi connectivity index (χ2n) is 7.88. The van der Waals surface area contributed by atoms with Gasteiger partial charge in [-0.3, -0.25) is 4.79 Å². The number of nitrogens with one attached hydrogen (secondary N) is 1. The van der Waals surface area contributed by atoms with Crippen LogP contribution in [-0.4, -0.2) is 15.9 Å². The smallest absolute Gasteiger partial charge is 0.262 e. The maximum atomic E-state index is 13.1. The second kappa shape index (κ2) is 6.41. The van der Waals surface area contributed by atoms with Gasteiger partial charge in [-0.15, -0.1) is 11.3 Å². The first-order valence-corrected chi connectivity index (χ1v) is 10.6. The number of hydrogen-bond donors (Lipinski definition) is 1. The number of aromatic nitrogens is 2. The molecule has 27 heavy (non-hydrogen) atoms. The van der Waals surface area contributed by atoms with E-state index in [1.807, 2.05) is 32.0 Å². The summed E-state index contributed by atoms with van der Waals surface area (Å²) in [6.07, 6.45) is 4.73. The molecule has 0 radical (unpaired) electrons. The van der Waals surface area contributed by atoms with Gasteiger partial charge >= 0.3 is 0 Å². The average Bonchev–Trinajstić information content (AvgIpc) is 3.57. The number of fused-ring (bicyclic) bond motifs is 1. The molecule has 2 fully saturated rings. The van der Waals surface area contributed by atoms with E-state index < -0.39 is 0 Å². The van der Waals surface area contributed by atoms with Gasteiger partial charge in [-0.2, -0.15) is 0 Å². The Labute approximate surface area is 163 Å². The summed E-state index contributed by atoms with van der Waals surface area (Å²) in [6, 6.07) is 10.4. The average molecular weight is 378 g/mol. The van der Waals surface area contributed by atoms with Gasteiger partial charge < -0.3 is 5.32 Å². The van der Waals surface area contributed by atoms with E-state index in [0.29, 0.717) is 11.8 Å². The molecular weight excluding hydrogens is 354 g/mol. The molecule has 2 aliphatic carbocycles. The Morgan fingerprint density at radius 3 is 2.52 bits per heavy atom. The van der Waals surface area contributed by atoms with Crippen molar-refractivity contribution >= 4 is 27.5 Å². The number of hydrogen-bond acceptors (Lipinski definition) is 4. The lowest BCUT2D eigenvalue weighted by molar-refractivity contribution is 0.0935. The Morgan fingerprint density at radius 2 is 1.85 bits per heavy atom. The lowest BCUT2D eigenvalue weighted by atomic mass is 10.0. The van der Waals surface area contributed by atoms with Crippen LogP contribution in [0.2, 0.25) is 0 Å². The number of aryl methyl sites for hydroxylation is 2. The van der Waals surface area contributed by atoms with Gasteiger partial charge in [-0.1, -0.05) is 30.3 Å². The van der Waals surface area contributed by atoms with Gasteiger partial charge in [0, 0.05) is 11.3 Å². The molecule has 5 rings (SSSR count). The number of rotatable bonds is 5. The summed E-state index contributed by atoms with van der Waals surface area (Å²) in [7, 11) is 0. The van der Waals surface area contributed by atoms with Crippen LogP contribution in [0.5, 0.6) is 0 Å². The number of amides is 1. The highest BCUT2D eigenvalue weighted by atomic mass is 32.1. The molecule has 2 aliphatic rings. The molecular formula is C22H23N3OS. The monoisotopic (exact) mass is 377 g/mol. The first-order valence-electron chi connectivity index (χ1n) is 9.75. The fourth-order valence-electron chi connectivity index (χ4n) is 3.87. The molecule has 4 nitrogen and oxygen atoms in total. The summed E-state index contributed by atoms with van der Waals surface area (Å²) in [4.78, 5) is 24.4. The van der Waals surface area contributed by atoms with Gasteiger partial charge in [0.15, 0.2) is 0 Å². The van der Waals surface area contributed by atoms with Crippen LogP contribution in [0.3, 0.4) is 0 Å². The zero-order valence-corrected chi connectivity index (χ0v) is 16.5. The van der Waals surface area contributed by atoms with Crippen molar-refractivity contribution in [3.05, 3.63) is 57.9 Å². The molecule has 0 bridgehead atoms. The van der Waals surface area contributed by atoms with Gasteiger partial charge in [-0.05, 0) is 56.6 Å². The Morgan fingerprint density at radius 1 is 1.11 bits per heavy atom. The van der Waals surface area contributed by atoms with E-state index in [0.717, 1.165) is 32.2 Å². The van der Waals surface area contributed by atoms with Crippen molar-refractivity contribution < 1.29 is 4.79 Å². The van der Waals surface area contributed by atoms with Crippen molar-refractivity contribution in [2.24, 2.45) is 5.92 Å². The summed E-state index contributed by atoms with van der Waals surface area (Å²) >= 11 is 1.51. The number of carbonyl (C=O) groups is 1. The predicted octanol–water partition coefficient (Wildman–Crippen LogP) is 5.07. The van der Waals surface area contributed by atoms with Crippen LogP contribution in [0, 0.1) is 19.8 Å². The van der Waals surface area contributed by atoms with Gasteiger partial charge in [0.05, 0.1) is 16.6 Å². The highest BCUT2D eigenvalue weighted by Gasteiger charge is 2.34. The topological polar surface area (TPSA) is 54.9 Å². The summed E-state index contributed by atoms with van der Waals surface area (Å²) < 4.78 is 0. The van der Waals surface area contributed by atoms with E-state index >= 15 is 0 Å². The van der Waals surface area contributed by atoms with E-state index in [9.17, 15) is 4.79 Å². The van der Waals surface area contributed by atoms with Gasteiger partial charge in [-0.25, -0.2) is 9.97 Å². The molecule has 2 heterocycles. The summed E-state index contributed by atoms with van der Waals surface area (Å²) in [5, 5.41) is 4.36. The van der Waals surface area contributed by atoms with Crippen molar-refractivity contribution in [2.75, 3.05) is 0 Å². The van der Waals surface area contributed by atoms with Gasteiger partial charge in [0.2, 0.25) is 0 Å². The third-order valence-electron chi connectivity index (χ3n) is 5.68. The Kier molecular flexibility index (Phi) is 4.01. The summed E-state index contributed by atoms with van der Waals surface area (Å²) in [5.74, 6) is 2.04. The molecule has 5 heteroatoms. The van der Waals surface area contributed by atoms with Crippen molar-refractivity contribution in [3.63, 3.8) is 0 Å². The minimum absolute atomic E-state index is 0.0172. The summed E-state index contributed by atoms with van der Waals surface area (Å²) in [6.45, 7) is 4.06. The Bertz CT molecular complexity index is 1020. The third kappa shape index (κ3) is 3.14. The van der Waals surface area contributed by atoms with Gasteiger partial charge in [0.1, 0.15) is 10.7 Å². The van der Waals surface area contributed by atoms with Crippen LogP contribution in [-0.2, 0) is 0 Å². The molecule has 0 aliphatic heterocycles. The fraction of sp³-hybridized carbons (Fsp3) is 0.409. The lowest BCUT2D eigenvalue weighted by Gasteiger charge is -2.18. The van der Waals surface area contributed by atoms with E-state index in [1.54, 1.807) is 0 Å². The molecule has 1 aromatic carbocycles. The van der Waals surface area contributed by atoms with Crippen LogP contribution >= 0.6 is 11.3 Å². The molecule has 2 saturated carbocycles. The Balaban J connectivity index is 1.48. The number of carbonyl (C=O) groups excluding carboxylic acids is 1. The highest BCUT2D eigenvalue weighted by Crippen LogP contribution is 2.42. The largest absolute Gasteiger partial charge is 0.344 e. The first-order chi connectivity index (χ1) is 13.1. The maximum Gasteiger partial charge on any atom is 0.262 e.